The summed E-state index contributed by atoms with van der Waals surface area (Å²) in [5.41, 5.74) is 2.00. The minimum Gasteiger partial charge on any atom is -0.353 e. The number of nitrogens with zero attached hydrogens (tertiary/aromatic N) is 2. The molecule has 1 N–H and O–H groups in total. The first-order valence-corrected chi connectivity index (χ1v) is 11.3. The molecule has 2 amide bonds. The lowest BCUT2D eigenvalue weighted by atomic mass is 9.94. The second-order valence-corrected chi connectivity index (χ2v) is 9.38. The molecule has 1 atom stereocenters. The number of hydrogen-bond acceptors (Lipinski definition) is 4. The van der Waals surface area contributed by atoms with Gasteiger partial charge in [0.1, 0.15) is 4.88 Å². The summed E-state index contributed by atoms with van der Waals surface area (Å²) in [6.07, 6.45) is 2.18. The maximum atomic E-state index is 13.0. The van der Waals surface area contributed by atoms with E-state index < -0.39 is 0 Å². The van der Waals surface area contributed by atoms with Gasteiger partial charge in [0.25, 0.3) is 5.91 Å². The average molecular weight is 414 g/mol. The number of carbonyl (C=O) groups excluding carboxylic acids is 2. The normalized spacial score (nSPS) is 16.1. The van der Waals surface area contributed by atoms with E-state index in [1.54, 1.807) is 0 Å². The molecule has 5 nitrogen and oxygen atoms in total. The average Bonchev–Trinajstić information content (AvgIpc) is 3.08. The number of amides is 2. The largest absolute Gasteiger partial charge is 0.353 e. The van der Waals surface area contributed by atoms with Crippen LogP contribution >= 0.6 is 11.3 Å². The van der Waals surface area contributed by atoms with Crippen LogP contribution in [0, 0.1) is 18.8 Å². The van der Waals surface area contributed by atoms with Crippen molar-refractivity contribution in [3.63, 3.8) is 0 Å². The van der Waals surface area contributed by atoms with Gasteiger partial charge in [-0.25, -0.2) is 4.98 Å². The lowest BCUT2D eigenvalue weighted by Gasteiger charge is -2.32. The van der Waals surface area contributed by atoms with E-state index >= 15 is 0 Å². The first-order valence-electron chi connectivity index (χ1n) is 10.4. The number of aryl methyl sites for hydroxylation is 1. The van der Waals surface area contributed by atoms with Crippen molar-refractivity contribution in [2.75, 3.05) is 13.1 Å². The number of hydrogen-bond donors (Lipinski definition) is 1. The number of nitrogens with one attached hydrogen (secondary N) is 1. The number of piperidine rings is 1. The van der Waals surface area contributed by atoms with E-state index in [9.17, 15) is 9.59 Å². The highest BCUT2D eigenvalue weighted by molar-refractivity contribution is 7.13. The zero-order valence-electron chi connectivity index (χ0n) is 17.8. The Kier molecular flexibility index (Phi) is 7.06. The van der Waals surface area contributed by atoms with Gasteiger partial charge in [0.05, 0.1) is 10.7 Å². The third-order valence-electron chi connectivity index (χ3n) is 5.76. The molecule has 0 saturated carbocycles. The molecule has 0 spiro atoms. The van der Waals surface area contributed by atoms with Crippen LogP contribution in [0.5, 0.6) is 0 Å². The van der Waals surface area contributed by atoms with Gasteiger partial charge < -0.3 is 10.2 Å². The standard InChI is InChI=1S/C23H31N3O2S/c1-15(2)16(3)25-22(27)19-10-12-26(13-11-19)23(28)21-17(4)24-20(29-21)14-18-8-6-5-7-9-18/h5-9,15-16,19H,10-14H2,1-4H3,(H,25,27)/t16-/m1/s1. The van der Waals surface area contributed by atoms with Crippen LogP contribution in [0.25, 0.3) is 0 Å². The molecule has 1 fully saturated rings. The summed E-state index contributed by atoms with van der Waals surface area (Å²) in [5.74, 6) is 0.586. The number of rotatable bonds is 6. The van der Waals surface area contributed by atoms with E-state index in [1.807, 2.05) is 36.9 Å². The molecule has 1 aliphatic rings. The second-order valence-electron chi connectivity index (χ2n) is 8.29. The highest BCUT2D eigenvalue weighted by Gasteiger charge is 2.30. The summed E-state index contributed by atoms with van der Waals surface area (Å²) in [4.78, 5) is 32.7. The van der Waals surface area contributed by atoms with Crippen LogP contribution in [0.1, 0.15) is 59.5 Å². The maximum absolute atomic E-state index is 13.0. The van der Waals surface area contributed by atoms with Gasteiger partial charge in [-0.1, -0.05) is 44.2 Å². The van der Waals surface area contributed by atoms with Crippen LogP contribution < -0.4 is 5.32 Å². The van der Waals surface area contributed by atoms with Crippen LogP contribution in [0.15, 0.2) is 30.3 Å². The van der Waals surface area contributed by atoms with E-state index in [0.29, 0.717) is 19.0 Å². The highest BCUT2D eigenvalue weighted by Crippen LogP contribution is 2.25. The Balaban J connectivity index is 1.57. The molecule has 0 bridgehead atoms. The Bertz CT molecular complexity index is 839. The number of carbonyl (C=O) groups is 2. The summed E-state index contributed by atoms with van der Waals surface area (Å²) in [5, 5.41) is 4.08. The molecule has 1 aliphatic heterocycles. The molecule has 0 unspecified atom stereocenters. The number of likely N-dealkylation sites (tertiary alicyclic amines) is 1. The highest BCUT2D eigenvalue weighted by atomic mass is 32.1. The Morgan fingerprint density at radius 1 is 1.17 bits per heavy atom. The van der Waals surface area contributed by atoms with Crippen molar-refractivity contribution in [1.29, 1.82) is 0 Å². The third kappa shape index (κ3) is 5.44. The fraction of sp³-hybridized carbons (Fsp3) is 0.522. The van der Waals surface area contributed by atoms with Gasteiger partial charge in [-0.15, -0.1) is 11.3 Å². The molecule has 1 aromatic carbocycles. The quantitative estimate of drug-likeness (QED) is 0.777. The molecule has 1 aromatic heterocycles. The van der Waals surface area contributed by atoms with Crippen molar-refractivity contribution < 1.29 is 9.59 Å². The fourth-order valence-electron chi connectivity index (χ4n) is 3.49. The van der Waals surface area contributed by atoms with Gasteiger partial charge in [0.15, 0.2) is 0 Å². The summed E-state index contributed by atoms with van der Waals surface area (Å²) in [7, 11) is 0. The predicted octanol–water partition coefficient (Wildman–Crippen LogP) is 4.06. The Morgan fingerprint density at radius 2 is 1.83 bits per heavy atom. The van der Waals surface area contributed by atoms with E-state index in [-0.39, 0.29) is 23.8 Å². The van der Waals surface area contributed by atoms with Crippen molar-refractivity contribution in [3.8, 4) is 0 Å². The van der Waals surface area contributed by atoms with Crippen LogP contribution in [0.4, 0.5) is 0 Å². The predicted molar refractivity (Wildman–Crippen MR) is 117 cm³/mol. The van der Waals surface area contributed by atoms with Crippen molar-refractivity contribution in [1.82, 2.24) is 15.2 Å². The van der Waals surface area contributed by atoms with Crippen molar-refractivity contribution >= 4 is 23.2 Å². The van der Waals surface area contributed by atoms with Crippen molar-refractivity contribution in [2.45, 2.75) is 53.0 Å². The zero-order chi connectivity index (χ0) is 21.0. The van der Waals surface area contributed by atoms with Gasteiger partial charge in [-0.05, 0) is 38.2 Å². The molecule has 156 valence electrons. The van der Waals surface area contributed by atoms with Crippen LogP contribution in [0.2, 0.25) is 0 Å². The van der Waals surface area contributed by atoms with Gasteiger partial charge in [0.2, 0.25) is 5.91 Å². The van der Waals surface area contributed by atoms with E-state index in [1.165, 1.54) is 16.9 Å². The Morgan fingerprint density at radius 3 is 2.45 bits per heavy atom. The molecule has 2 aromatic rings. The van der Waals surface area contributed by atoms with Crippen LogP contribution in [0.3, 0.4) is 0 Å². The minimum atomic E-state index is -0.00329. The van der Waals surface area contributed by atoms with E-state index in [2.05, 4.69) is 36.3 Å². The minimum absolute atomic E-state index is 0.00329. The molecule has 6 heteroatoms. The van der Waals surface area contributed by atoms with Crippen molar-refractivity contribution in [2.24, 2.45) is 11.8 Å². The smallest absolute Gasteiger partial charge is 0.265 e. The van der Waals surface area contributed by atoms with Gasteiger partial charge in [0, 0.05) is 31.5 Å². The summed E-state index contributed by atoms with van der Waals surface area (Å²) >= 11 is 1.49. The summed E-state index contributed by atoms with van der Waals surface area (Å²) in [6.45, 7) is 9.41. The van der Waals surface area contributed by atoms with Gasteiger partial charge >= 0.3 is 0 Å². The first-order chi connectivity index (χ1) is 13.8. The second kappa shape index (κ2) is 9.53. The SMILES string of the molecule is Cc1nc(Cc2ccccc2)sc1C(=O)N1CCC(C(=O)N[C@H](C)C(C)C)CC1. The lowest BCUT2D eigenvalue weighted by molar-refractivity contribution is -0.127. The third-order valence-corrected chi connectivity index (χ3v) is 6.90. The molecule has 29 heavy (non-hydrogen) atoms. The number of benzene rings is 1. The maximum Gasteiger partial charge on any atom is 0.265 e. The Hall–Kier alpha value is -2.21. The molecule has 3 rings (SSSR count). The monoisotopic (exact) mass is 413 g/mol. The molecular formula is C23H31N3O2S. The Labute approximate surface area is 177 Å². The summed E-state index contributed by atoms with van der Waals surface area (Å²) < 4.78 is 0. The van der Waals surface area contributed by atoms with Gasteiger partial charge in [-0.3, -0.25) is 9.59 Å². The zero-order valence-corrected chi connectivity index (χ0v) is 18.6. The van der Waals surface area contributed by atoms with E-state index in [4.69, 9.17) is 0 Å². The number of aromatic nitrogens is 1. The molecule has 1 saturated heterocycles. The summed E-state index contributed by atoms with van der Waals surface area (Å²) in [6, 6.07) is 10.4. The van der Waals surface area contributed by atoms with E-state index in [0.717, 1.165) is 34.8 Å². The first kappa shape index (κ1) is 21.5. The topological polar surface area (TPSA) is 62.3 Å². The fourth-order valence-corrected chi connectivity index (χ4v) is 4.56. The molecule has 0 aliphatic carbocycles. The van der Waals surface area contributed by atoms with Crippen LogP contribution in [-0.2, 0) is 11.2 Å². The molecule has 2 heterocycles. The van der Waals surface area contributed by atoms with Crippen LogP contribution in [-0.4, -0.2) is 40.8 Å². The van der Waals surface area contributed by atoms with Crippen molar-refractivity contribution in [3.05, 3.63) is 51.5 Å². The number of thiazole rings is 1. The van der Waals surface area contributed by atoms with Gasteiger partial charge in [-0.2, -0.15) is 0 Å². The lowest BCUT2D eigenvalue weighted by Crippen LogP contribution is -2.45. The molecule has 0 radical (unpaired) electrons. The molecular weight excluding hydrogens is 382 g/mol.